The second-order valence-electron chi connectivity index (χ2n) is 2.97. The van der Waals surface area contributed by atoms with Gasteiger partial charge in [-0.15, -0.1) is 0 Å². The molecule has 0 aliphatic carbocycles. The van der Waals surface area contributed by atoms with Crippen LogP contribution in [0.4, 0.5) is 8.78 Å². The molecule has 0 unspecified atom stereocenters. The number of nitrogens with one attached hydrogen (secondary N) is 1. The molecule has 4 heteroatoms. The molecule has 0 heterocycles. The van der Waals surface area contributed by atoms with E-state index in [2.05, 4.69) is 21.2 Å². The van der Waals surface area contributed by atoms with Gasteiger partial charge in [0.15, 0.2) is 0 Å². The Labute approximate surface area is 90.6 Å². The maximum atomic E-state index is 12.8. The van der Waals surface area contributed by atoms with E-state index in [1.165, 1.54) is 6.07 Å². The number of benzene rings is 1. The summed E-state index contributed by atoms with van der Waals surface area (Å²) in [6, 6.07) is 4.84. The molecule has 0 bridgehead atoms. The molecule has 14 heavy (non-hydrogen) atoms. The van der Waals surface area contributed by atoms with Crippen LogP contribution in [-0.2, 0) is 6.54 Å². The Morgan fingerprint density at radius 2 is 2.14 bits per heavy atom. The number of halogens is 3. The molecule has 0 amide bonds. The van der Waals surface area contributed by atoms with Crippen molar-refractivity contribution in [3.8, 4) is 0 Å². The Balaban J connectivity index is 2.39. The smallest absolute Gasteiger partial charge is 0.137 e. The lowest BCUT2D eigenvalue weighted by Gasteiger charge is -2.04. The summed E-state index contributed by atoms with van der Waals surface area (Å²) in [7, 11) is 0. The Morgan fingerprint density at radius 1 is 1.36 bits per heavy atom. The molecule has 1 N–H and O–H groups in total. The summed E-state index contributed by atoms with van der Waals surface area (Å²) in [4.78, 5) is 0. The lowest BCUT2D eigenvalue weighted by atomic mass is 10.2. The molecule has 0 aromatic heterocycles. The largest absolute Gasteiger partial charge is 0.313 e. The van der Waals surface area contributed by atoms with E-state index in [9.17, 15) is 8.78 Å². The van der Waals surface area contributed by atoms with Crippen LogP contribution in [0.15, 0.2) is 22.7 Å². The quantitative estimate of drug-likeness (QED) is 0.806. The average Bonchev–Trinajstić information content (AvgIpc) is 2.18. The van der Waals surface area contributed by atoms with Crippen molar-refractivity contribution >= 4 is 15.9 Å². The van der Waals surface area contributed by atoms with Crippen LogP contribution in [0.1, 0.15) is 12.0 Å². The first-order chi connectivity index (χ1) is 6.74. The van der Waals surface area contributed by atoms with Crippen molar-refractivity contribution < 1.29 is 8.78 Å². The molecule has 1 rings (SSSR count). The van der Waals surface area contributed by atoms with Crippen LogP contribution in [0.3, 0.4) is 0 Å². The van der Waals surface area contributed by atoms with Crippen molar-refractivity contribution in [2.45, 2.75) is 13.0 Å². The first-order valence-electron chi connectivity index (χ1n) is 4.44. The van der Waals surface area contributed by atoms with Gasteiger partial charge < -0.3 is 5.32 Å². The van der Waals surface area contributed by atoms with E-state index >= 15 is 0 Å². The first kappa shape index (κ1) is 11.6. The lowest BCUT2D eigenvalue weighted by molar-refractivity contribution is 0.459. The van der Waals surface area contributed by atoms with Gasteiger partial charge in [0, 0.05) is 6.54 Å². The first-order valence-corrected chi connectivity index (χ1v) is 5.24. The highest BCUT2D eigenvalue weighted by molar-refractivity contribution is 9.10. The number of alkyl halides is 1. The molecule has 0 fully saturated rings. The van der Waals surface area contributed by atoms with E-state index in [4.69, 9.17) is 0 Å². The zero-order valence-corrected chi connectivity index (χ0v) is 9.28. The van der Waals surface area contributed by atoms with Crippen LogP contribution in [0.25, 0.3) is 0 Å². The van der Waals surface area contributed by atoms with Gasteiger partial charge in [0.25, 0.3) is 0 Å². The second kappa shape index (κ2) is 6.09. The monoisotopic (exact) mass is 263 g/mol. The van der Waals surface area contributed by atoms with E-state index in [1.807, 2.05) is 0 Å². The number of hydrogen-bond acceptors (Lipinski definition) is 1. The molecule has 0 atom stereocenters. The summed E-state index contributed by atoms with van der Waals surface area (Å²) in [5.74, 6) is -0.266. The van der Waals surface area contributed by atoms with Crippen LogP contribution in [-0.4, -0.2) is 13.2 Å². The summed E-state index contributed by atoms with van der Waals surface area (Å²) in [5.41, 5.74) is 0.983. The van der Waals surface area contributed by atoms with Crippen LogP contribution in [0.5, 0.6) is 0 Å². The minimum atomic E-state index is -0.305. The third-order valence-corrected chi connectivity index (χ3v) is 2.41. The fourth-order valence-electron chi connectivity index (χ4n) is 1.07. The van der Waals surface area contributed by atoms with E-state index in [1.54, 1.807) is 12.1 Å². The van der Waals surface area contributed by atoms with E-state index < -0.39 is 0 Å². The maximum absolute atomic E-state index is 12.8. The summed E-state index contributed by atoms with van der Waals surface area (Å²) < 4.78 is 25.0. The topological polar surface area (TPSA) is 12.0 Å². The SMILES string of the molecule is FCCCNCc1ccc(F)c(Br)c1. The molecule has 0 aliphatic heterocycles. The minimum Gasteiger partial charge on any atom is -0.313 e. The second-order valence-corrected chi connectivity index (χ2v) is 3.82. The molecule has 0 radical (unpaired) electrons. The Kier molecular flexibility index (Phi) is 5.04. The van der Waals surface area contributed by atoms with Crippen molar-refractivity contribution in [3.05, 3.63) is 34.1 Å². The van der Waals surface area contributed by atoms with Gasteiger partial charge in [-0.05, 0) is 46.6 Å². The molecule has 0 saturated carbocycles. The van der Waals surface area contributed by atoms with Crippen LogP contribution < -0.4 is 5.32 Å². The molecular weight excluding hydrogens is 252 g/mol. The van der Waals surface area contributed by atoms with Crippen molar-refractivity contribution in [1.82, 2.24) is 5.32 Å². The third kappa shape index (κ3) is 3.72. The van der Waals surface area contributed by atoms with Crippen LogP contribution in [0, 0.1) is 5.82 Å². The van der Waals surface area contributed by atoms with Crippen LogP contribution >= 0.6 is 15.9 Å². The maximum Gasteiger partial charge on any atom is 0.137 e. The van der Waals surface area contributed by atoms with Gasteiger partial charge in [0.1, 0.15) is 5.82 Å². The average molecular weight is 264 g/mol. The predicted octanol–water partition coefficient (Wildman–Crippen LogP) is 3.04. The standard InChI is InChI=1S/C10H12BrF2N/c11-9-6-8(2-3-10(9)13)7-14-5-1-4-12/h2-3,6,14H,1,4-5,7H2. The van der Waals surface area contributed by atoms with Gasteiger partial charge in [-0.2, -0.15) is 0 Å². The van der Waals surface area contributed by atoms with Crippen LogP contribution in [0.2, 0.25) is 0 Å². The normalized spacial score (nSPS) is 10.5. The van der Waals surface area contributed by atoms with Gasteiger partial charge in [-0.3, -0.25) is 4.39 Å². The van der Waals surface area contributed by atoms with Gasteiger partial charge >= 0.3 is 0 Å². The molecule has 0 aliphatic rings. The Morgan fingerprint density at radius 3 is 2.79 bits per heavy atom. The van der Waals surface area contributed by atoms with Crippen molar-refractivity contribution in [2.24, 2.45) is 0 Å². The highest BCUT2D eigenvalue weighted by atomic mass is 79.9. The van der Waals surface area contributed by atoms with Gasteiger partial charge in [0.2, 0.25) is 0 Å². The molecule has 1 nitrogen and oxygen atoms in total. The number of hydrogen-bond donors (Lipinski definition) is 1. The zero-order valence-electron chi connectivity index (χ0n) is 7.69. The Hall–Kier alpha value is -0.480. The minimum absolute atomic E-state index is 0.266. The van der Waals surface area contributed by atoms with E-state index in [0.29, 0.717) is 24.0 Å². The fourth-order valence-corrected chi connectivity index (χ4v) is 1.50. The van der Waals surface area contributed by atoms with Crippen molar-refractivity contribution in [3.63, 3.8) is 0 Å². The molecular formula is C10H12BrF2N. The molecule has 0 saturated heterocycles. The number of rotatable bonds is 5. The van der Waals surface area contributed by atoms with Gasteiger partial charge in [-0.1, -0.05) is 6.07 Å². The molecule has 1 aromatic carbocycles. The van der Waals surface area contributed by atoms with Gasteiger partial charge in [0.05, 0.1) is 11.1 Å². The highest BCUT2D eigenvalue weighted by Gasteiger charge is 1.99. The fraction of sp³-hybridized carbons (Fsp3) is 0.400. The summed E-state index contributed by atoms with van der Waals surface area (Å²) in [6.07, 6.45) is 0.516. The van der Waals surface area contributed by atoms with Crippen molar-refractivity contribution in [2.75, 3.05) is 13.2 Å². The highest BCUT2D eigenvalue weighted by Crippen LogP contribution is 2.16. The Bertz CT molecular complexity index is 291. The predicted molar refractivity (Wildman–Crippen MR) is 56.4 cm³/mol. The summed E-state index contributed by atoms with van der Waals surface area (Å²) in [5, 5.41) is 3.07. The third-order valence-electron chi connectivity index (χ3n) is 1.80. The van der Waals surface area contributed by atoms with E-state index in [-0.39, 0.29) is 12.5 Å². The zero-order chi connectivity index (χ0) is 10.4. The molecule has 78 valence electrons. The summed E-state index contributed by atoms with van der Waals surface area (Å²) in [6.45, 7) is 0.977. The lowest BCUT2D eigenvalue weighted by Crippen LogP contribution is -2.15. The van der Waals surface area contributed by atoms with E-state index in [0.717, 1.165) is 5.56 Å². The summed E-state index contributed by atoms with van der Waals surface area (Å²) >= 11 is 3.11. The molecule has 0 spiro atoms. The van der Waals surface area contributed by atoms with Gasteiger partial charge in [-0.25, -0.2) is 4.39 Å². The van der Waals surface area contributed by atoms with Crippen molar-refractivity contribution in [1.29, 1.82) is 0 Å². The molecule has 1 aromatic rings.